The SMILES string of the molecule is NC1CCN(C(=O)C(Sc2ccc(F)cc2)c2ccccc2)CC1. The van der Waals surface area contributed by atoms with Crippen LogP contribution in [0.4, 0.5) is 4.39 Å². The van der Waals surface area contributed by atoms with Crippen molar-refractivity contribution in [3.63, 3.8) is 0 Å². The lowest BCUT2D eigenvalue weighted by Gasteiger charge is -2.33. The number of rotatable bonds is 4. The average molecular weight is 344 g/mol. The van der Waals surface area contributed by atoms with Gasteiger partial charge in [-0.1, -0.05) is 30.3 Å². The van der Waals surface area contributed by atoms with E-state index in [2.05, 4.69) is 0 Å². The van der Waals surface area contributed by atoms with Gasteiger partial charge in [-0.25, -0.2) is 4.39 Å². The lowest BCUT2D eigenvalue weighted by Crippen LogP contribution is -2.44. The van der Waals surface area contributed by atoms with E-state index in [1.165, 1.54) is 23.9 Å². The summed E-state index contributed by atoms with van der Waals surface area (Å²) >= 11 is 1.46. The summed E-state index contributed by atoms with van der Waals surface area (Å²) in [5, 5.41) is -0.328. The Morgan fingerprint density at radius 3 is 2.33 bits per heavy atom. The van der Waals surface area contributed by atoms with Gasteiger partial charge in [0.15, 0.2) is 0 Å². The Bertz CT molecular complexity index is 670. The van der Waals surface area contributed by atoms with Gasteiger partial charge in [-0.3, -0.25) is 4.79 Å². The molecule has 126 valence electrons. The molecule has 1 aliphatic heterocycles. The van der Waals surface area contributed by atoms with E-state index in [1.807, 2.05) is 35.2 Å². The van der Waals surface area contributed by atoms with Gasteiger partial charge in [-0.15, -0.1) is 11.8 Å². The molecule has 0 radical (unpaired) electrons. The van der Waals surface area contributed by atoms with E-state index in [0.29, 0.717) is 13.1 Å². The molecule has 1 atom stereocenters. The molecule has 2 aromatic rings. The lowest BCUT2D eigenvalue weighted by atomic mass is 10.0. The van der Waals surface area contributed by atoms with Crippen LogP contribution in [-0.2, 0) is 4.79 Å². The first-order chi connectivity index (χ1) is 11.6. The summed E-state index contributed by atoms with van der Waals surface area (Å²) in [7, 11) is 0. The number of halogens is 1. The zero-order valence-corrected chi connectivity index (χ0v) is 14.2. The molecule has 5 heteroatoms. The molecule has 0 aromatic heterocycles. The molecule has 0 spiro atoms. The minimum absolute atomic E-state index is 0.0995. The van der Waals surface area contributed by atoms with Crippen molar-refractivity contribution in [2.75, 3.05) is 13.1 Å². The largest absolute Gasteiger partial charge is 0.341 e. The van der Waals surface area contributed by atoms with Gasteiger partial charge < -0.3 is 10.6 Å². The second-order valence-electron chi connectivity index (χ2n) is 6.03. The Kier molecular flexibility index (Phi) is 5.53. The number of amides is 1. The number of nitrogens with two attached hydrogens (primary N) is 1. The number of nitrogens with zero attached hydrogens (tertiary/aromatic N) is 1. The number of carbonyl (C=O) groups excluding carboxylic acids is 1. The molecule has 0 aliphatic carbocycles. The van der Waals surface area contributed by atoms with Gasteiger partial charge in [0, 0.05) is 24.0 Å². The Hall–Kier alpha value is -1.85. The van der Waals surface area contributed by atoms with Gasteiger partial charge in [-0.05, 0) is 42.7 Å². The van der Waals surface area contributed by atoms with Crippen LogP contribution in [0, 0.1) is 5.82 Å². The maximum Gasteiger partial charge on any atom is 0.240 e. The van der Waals surface area contributed by atoms with Gasteiger partial charge >= 0.3 is 0 Å². The molecular formula is C19H21FN2OS. The van der Waals surface area contributed by atoms with Crippen molar-refractivity contribution in [3.8, 4) is 0 Å². The van der Waals surface area contributed by atoms with Crippen molar-refractivity contribution in [2.24, 2.45) is 5.73 Å². The number of carbonyl (C=O) groups is 1. The van der Waals surface area contributed by atoms with Gasteiger partial charge in [-0.2, -0.15) is 0 Å². The third-order valence-corrected chi connectivity index (χ3v) is 5.50. The third-order valence-electron chi connectivity index (χ3n) is 4.25. The molecular weight excluding hydrogens is 323 g/mol. The van der Waals surface area contributed by atoms with Crippen molar-refractivity contribution in [3.05, 3.63) is 66.0 Å². The van der Waals surface area contributed by atoms with Crippen LogP contribution in [0.25, 0.3) is 0 Å². The highest BCUT2D eigenvalue weighted by Gasteiger charge is 2.29. The van der Waals surface area contributed by atoms with Crippen LogP contribution in [0.1, 0.15) is 23.7 Å². The van der Waals surface area contributed by atoms with Gasteiger partial charge in [0.2, 0.25) is 5.91 Å². The molecule has 0 saturated carbocycles. The van der Waals surface area contributed by atoms with E-state index in [9.17, 15) is 9.18 Å². The molecule has 1 unspecified atom stereocenters. The standard InChI is InChI=1S/C19H21FN2OS/c20-15-6-8-17(9-7-15)24-18(14-4-2-1-3-5-14)19(23)22-12-10-16(21)11-13-22/h1-9,16,18H,10-13,21H2. The fraction of sp³-hybridized carbons (Fsp3) is 0.316. The fourth-order valence-corrected chi connectivity index (χ4v) is 3.93. The minimum atomic E-state index is -0.328. The molecule has 3 rings (SSSR count). The second kappa shape index (κ2) is 7.81. The Morgan fingerprint density at radius 1 is 1.08 bits per heavy atom. The van der Waals surface area contributed by atoms with Crippen LogP contribution in [0.15, 0.2) is 59.5 Å². The molecule has 2 N–H and O–H groups in total. The molecule has 1 heterocycles. The minimum Gasteiger partial charge on any atom is -0.341 e. The highest BCUT2D eigenvalue weighted by Crippen LogP contribution is 2.37. The summed E-state index contributed by atoms with van der Waals surface area (Å²) in [5.41, 5.74) is 6.91. The predicted molar refractivity (Wildman–Crippen MR) is 95.2 cm³/mol. The van der Waals surface area contributed by atoms with E-state index in [4.69, 9.17) is 5.73 Å². The van der Waals surface area contributed by atoms with E-state index in [-0.39, 0.29) is 23.0 Å². The Morgan fingerprint density at radius 2 is 1.71 bits per heavy atom. The number of benzene rings is 2. The normalized spacial score (nSPS) is 16.8. The highest BCUT2D eigenvalue weighted by atomic mass is 32.2. The number of likely N-dealkylation sites (tertiary alicyclic amines) is 1. The first kappa shape index (κ1) is 17.0. The van der Waals surface area contributed by atoms with Crippen LogP contribution in [0.2, 0.25) is 0 Å². The van der Waals surface area contributed by atoms with Crippen LogP contribution in [-0.4, -0.2) is 29.9 Å². The quantitative estimate of drug-likeness (QED) is 0.862. The topological polar surface area (TPSA) is 46.3 Å². The molecule has 0 bridgehead atoms. The first-order valence-corrected chi connectivity index (χ1v) is 9.03. The maximum absolute atomic E-state index is 13.1. The zero-order valence-electron chi connectivity index (χ0n) is 13.4. The van der Waals surface area contributed by atoms with Crippen LogP contribution in [0.3, 0.4) is 0 Å². The lowest BCUT2D eigenvalue weighted by molar-refractivity contribution is -0.131. The van der Waals surface area contributed by atoms with E-state index >= 15 is 0 Å². The van der Waals surface area contributed by atoms with Crippen LogP contribution >= 0.6 is 11.8 Å². The van der Waals surface area contributed by atoms with Crippen molar-refractivity contribution in [1.82, 2.24) is 4.90 Å². The van der Waals surface area contributed by atoms with Crippen LogP contribution in [0.5, 0.6) is 0 Å². The smallest absolute Gasteiger partial charge is 0.240 e. The number of hydrogen-bond donors (Lipinski definition) is 1. The monoisotopic (exact) mass is 344 g/mol. The first-order valence-electron chi connectivity index (χ1n) is 8.15. The Balaban J connectivity index is 1.82. The fourth-order valence-electron chi connectivity index (χ4n) is 2.82. The molecule has 2 aromatic carbocycles. The van der Waals surface area contributed by atoms with E-state index in [1.54, 1.807) is 12.1 Å². The molecule has 3 nitrogen and oxygen atoms in total. The van der Waals surface area contributed by atoms with Crippen LogP contribution < -0.4 is 5.73 Å². The average Bonchev–Trinajstić information content (AvgIpc) is 2.62. The molecule has 1 amide bonds. The maximum atomic E-state index is 13.1. The Labute approximate surface area is 146 Å². The van der Waals surface area contributed by atoms with Gasteiger partial charge in [0.25, 0.3) is 0 Å². The van der Waals surface area contributed by atoms with Crippen molar-refractivity contribution in [2.45, 2.75) is 29.0 Å². The number of piperidine rings is 1. The summed E-state index contributed by atoms with van der Waals surface area (Å²) < 4.78 is 13.1. The van der Waals surface area contributed by atoms with Gasteiger partial charge in [0.1, 0.15) is 11.1 Å². The summed E-state index contributed by atoms with van der Waals surface area (Å²) in [6, 6.07) is 16.2. The molecule has 24 heavy (non-hydrogen) atoms. The second-order valence-corrected chi connectivity index (χ2v) is 7.20. The van der Waals surface area contributed by atoms with Crippen molar-refractivity contribution in [1.29, 1.82) is 0 Å². The number of thioether (sulfide) groups is 1. The molecule has 1 saturated heterocycles. The zero-order chi connectivity index (χ0) is 16.9. The molecule has 1 fully saturated rings. The van der Waals surface area contributed by atoms with Crippen molar-refractivity contribution < 1.29 is 9.18 Å². The highest BCUT2D eigenvalue weighted by molar-refractivity contribution is 8.00. The van der Waals surface area contributed by atoms with Crippen molar-refractivity contribution >= 4 is 17.7 Å². The summed E-state index contributed by atoms with van der Waals surface area (Å²) in [6.07, 6.45) is 1.68. The number of hydrogen-bond acceptors (Lipinski definition) is 3. The van der Waals surface area contributed by atoms with Gasteiger partial charge in [0.05, 0.1) is 0 Å². The van der Waals surface area contributed by atoms with E-state index in [0.717, 1.165) is 23.3 Å². The summed E-state index contributed by atoms with van der Waals surface area (Å²) in [4.78, 5) is 15.8. The summed E-state index contributed by atoms with van der Waals surface area (Å²) in [5.74, 6) is -0.172. The predicted octanol–water partition coefficient (Wildman–Crippen LogP) is 3.61. The third kappa shape index (κ3) is 4.16. The van der Waals surface area contributed by atoms with E-state index < -0.39 is 0 Å². The molecule has 1 aliphatic rings. The summed E-state index contributed by atoms with van der Waals surface area (Å²) in [6.45, 7) is 1.40.